The lowest BCUT2D eigenvalue weighted by molar-refractivity contribution is -0.121. The molecule has 1 amide bonds. The van der Waals surface area contributed by atoms with Crippen molar-refractivity contribution in [3.05, 3.63) is 54.1 Å². The Kier molecular flexibility index (Phi) is 8.40. The second-order valence-corrected chi connectivity index (χ2v) is 9.64. The molecule has 0 aliphatic carbocycles. The molecule has 8 heteroatoms. The topological polar surface area (TPSA) is 75.7 Å². The molecule has 0 saturated carbocycles. The van der Waals surface area contributed by atoms with Crippen molar-refractivity contribution in [2.45, 2.75) is 31.7 Å². The second-order valence-electron chi connectivity index (χ2n) is 6.61. The molecule has 0 unspecified atom stereocenters. The number of sulfonamides is 1. The average molecular weight is 437 g/mol. The number of carbonyl (C=O) groups is 1. The van der Waals surface area contributed by atoms with Crippen LogP contribution in [0.4, 0.5) is 5.69 Å². The molecule has 2 aromatic carbocycles. The number of amides is 1. The summed E-state index contributed by atoms with van der Waals surface area (Å²) in [7, 11) is -3.64. The number of hydrogen-bond donors (Lipinski definition) is 1. The molecule has 0 saturated heterocycles. The van der Waals surface area contributed by atoms with Gasteiger partial charge in [0.25, 0.3) is 0 Å². The monoisotopic (exact) mass is 436 g/mol. The molecule has 0 radical (unpaired) electrons. The predicted molar refractivity (Wildman–Crippen MR) is 119 cm³/mol. The number of anilines is 1. The van der Waals surface area contributed by atoms with E-state index in [1.165, 1.54) is 5.56 Å². The molecule has 0 aromatic heterocycles. The minimum atomic E-state index is -3.64. The van der Waals surface area contributed by atoms with Gasteiger partial charge in [0.15, 0.2) is 0 Å². The van der Waals surface area contributed by atoms with Gasteiger partial charge in [0.2, 0.25) is 15.9 Å². The van der Waals surface area contributed by atoms with Crippen LogP contribution in [0.1, 0.15) is 19.4 Å². The fourth-order valence-electron chi connectivity index (χ4n) is 2.79. The van der Waals surface area contributed by atoms with Gasteiger partial charge in [-0.25, -0.2) is 8.42 Å². The Hall–Kier alpha value is -2.19. The van der Waals surface area contributed by atoms with Gasteiger partial charge < -0.3 is 10.1 Å². The third-order valence-corrected chi connectivity index (χ3v) is 6.44. The van der Waals surface area contributed by atoms with Gasteiger partial charge in [0, 0.05) is 17.2 Å². The van der Waals surface area contributed by atoms with Crippen LogP contribution in [0.2, 0.25) is 0 Å². The summed E-state index contributed by atoms with van der Waals surface area (Å²) in [5.74, 6) is 1.01. The SMILES string of the molecule is CCOc1ccc(N([C@H](C)C(=O)NCCSc2ccc(C)cc2)S(C)(=O)=O)cc1. The van der Waals surface area contributed by atoms with E-state index in [4.69, 9.17) is 4.74 Å². The van der Waals surface area contributed by atoms with Gasteiger partial charge in [0.05, 0.1) is 18.6 Å². The van der Waals surface area contributed by atoms with Crippen molar-refractivity contribution in [1.82, 2.24) is 5.32 Å². The summed E-state index contributed by atoms with van der Waals surface area (Å²) in [5, 5.41) is 2.83. The van der Waals surface area contributed by atoms with Crippen LogP contribution in [-0.4, -0.2) is 45.5 Å². The normalized spacial score (nSPS) is 12.3. The van der Waals surface area contributed by atoms with Crippen LogP contribution in [0, 0.1) is 6.92 Å². The summed E-state index contributed by atoms with van der Waals surface area (Å²) < 4.78 is 31.2. The first-order valence-corrected chi connectivity index (χ1v) is 12.2. The molecule has 29 heavy (non-hydrogen) atoms. The molecule has 6 nitrogen and oxygen atoms in total. The standard InChI is InChI=1S/C21H28N2O4S2/c1-5-27-19-10-8-18(9-11-19)23(29(4,25)26)17(3)21(24)22-14-15-28-20-12-6-16(2)7-13-20/h6-13,17H,5,14-15H2,1-4H3,(H,22,24)/t17-/m1/s1. The summed E-state index contributed by atoms with van der Waals surface area (Å²) in [6.45, 7) is 6.46. The number of benzene rings is 2. The summed E-state index contributed by atoms with van der Waals surface area (Å²) in [5.41, 5.74) is 1.62. The maximum atomic E-state index is 12.6. The van der Waals surface area contributed by atoms with Crippen LogP contribution in [0.15, 0.2) is 53.4 Å². The van der Waals surface area contributed by atoms with Crippen molar-refractivity contribution in [3.63, 3.8) is 0 Å². The third-order valence-electron chi connectivity index (χ3n) is 4.18. The molecule has 1 N–H and O–H groups in total. The number of nitrogens with one attached hydrogen (secondary N) is 1. The molecule has 1 atom stereocenters. The number of aryl methyl sites for hydroxylation is 1. The molecule has 0 heterocycles. The highest BCUT2D eigenvalue weighted by Gasteiger charge is 2.28. The Balaban J connectivity index is 1.98. The lowest BCUT2D eigenvalue weighted by Crippen LogP contribution is -2.48. The molecule has 0 spiro atoms. The van der Waals surface area contributed by atoms with Gasteiger partial charge in [-0.05, 0) is 57.2 Å². The van der Waals surface area contributed by atoms with Gasteiger partial charge in [-0.1, -0.05) is 17.7 Å². The van der Waals surface area contributed by atoms with E-state index in [1.807, 2.05) is 38.1 Å². The minimum absolute atomic E-state index is 0.339. The Morgan fingerprint density at radius 3 is 2.31 bits per heavy atom. The van der Waals surface area contributed by atoms with E-state index in [2.05, 4.69) is 5.32 Å². The average Bonchev–Trinajstić information content (AvgIpc) is 2.67. The predicted octanol–water partition coefficient (Wildman–Crippen LogP) is 3.46. The number of ether oxygens (including phenoxy) is 1. The van der Waals surface area contributed by atoms with Gasteiger partial charge in [-0.3, -0.25) is 9.10 Å². The van der Waals surface area contributed by atoms with Crippen molar-refractivity contribution >= 4 is 33.4 Å². The lowest BCUT2D eigenvalue weighted by atomic mass is 10.2. The number of carbonyl (C=O) groups excluding carboxylic acids is 1. The van der Waals surface area contributed by atoms with Gasteiger partial charge in [0.1, 0.15) is 11.8 Å². The second kappa shape index (κ2) is 10.5. The summed E-state index contributed by atoms with van der Waals surface area (Å²) >= 11 is 1.64. The maximum absolute atomic E-state index is 12.6. The fraction of sp³-hybridized carbons (Fsp3) is 0.381. The van der Waals surface area contributed by atoms with Crippen LogP contribution < -0.4 is 14.4 Å². The molecule has 0 aliphatic rings. The quantitative estimate of drug-likeness (QED) is 0.456. The largest absolute Gasteiger partial charge is 0.494 e. The van der Waals surface area contributed by atoms with Crippen LogP contribution in [0.25, 0.3) is 0 Å². The van der Waals surface area contributed by atoms with Crippen molar-refractivity contribution in [2.75, 3.05) is 29.5 Å². The first kappa shape index (κ1) is 23.1. The highest BCUT2D eigenvalue weighted by Crippen LogP contribution is 2.24. The first-order chi connectivity index (χ1) is 13.7. The number of nitrogens with zero attached hydrogens (tertiary/aromatic N) is 1. The van der Waals surface area contributed by atoms with Crippen LogP contribution >= 0.6 is 11.8 Å². The van der Waals surface area contributed by atoms with E-state index < -0.39 is 16.1 Å². The highest BCUT2D eigenvalue weighted by atomic mass is 32.2. The number of thioether (sulfide) groups is 1. The lowest BCUT2D eigenvalue weighted by Gasteiger charge is -2.28. The maximum Gasteiger partial charge on any atom is 0.243 e. The Bertz CT molecular complexity index is 897. The summed E-state index contributed by atoms with van der Waals surface area (Å²) in [4.78, 5) is 13.7. The van der Waals surface area contributed by atoms with Crippen molar-refractivity contribution in [2.24, 2.45) is 0 Å². The van der Waals surface area contributed by atoms with E-state index in [-0.39, 0.29) is 5.91 Å². The van der Waals surface area contributed by atoms with E-state index >= 15 is 0 Å². The molecule has 2 aromatic rings. The van der Waals surface area contributed by atoms with E-state index in [9.17, 15) is 13.2 Å². The fourth-order valence-corrected chi connectivity index (χ4v) is 4.73. The molecule has 0 aliphatic heterocycles. The van der Waals surface area contributed by atoms with Gasteiger partial charge >= 0.3 is 0 Å². The zero-order valence-corrected chi connectivity index (χ0v) is 18.8. The van der Waals surface area contributed by atoms with Crippen LogP contribution in [0.3, 0.4) is 0 Å². The highest BCUT2D eigenvalue weighted by molar-refractivity contribution is 7.99. The smallest absolute Gasteiger partial charge is 0.243 e. The zero-order chi connectivity index (χ0) is 21.4. The molecule has 158 valence electrons. The van der Waals surface area contributed by atoms with Gasteiger partial charge in [-0.15, -0.1) is 11.8 Å². The molecule has 0 bridgehead atoms. The molecule has 0 fully saturated rings. The third kappa shape index (κ3) is 6.97. The molecular formula is C21H28N2O4S2. The Morgan fingerprint density at radius 1 is 1.14 bits per heavy atom. The van der Waals surface area contributed by atoms with Gasteiger partial charge in [-0.2, -0.15) is 0 Å². The van der Waals surface area contributed by atoms with Crippen LogP contribution in [-0.2, 0) is 14.8 Å². The Morgan fingerprint density at radius 2 is 1.76 bits per heavy atom. The Labute approximate surface area is 177 Å². The molecular weight excluding hydrogens is 408 g/mol. The van der Waals surface area contributed by atoms with E-state index in [0.29, 0.717) is 30.3 Å². The van der Waals surface area contributed by atoms with Crippen molar-refractivity contribution < 1.29 is 17.9 Å². The van der Waals surface area contributed by atoms with Crippen LogP contribution in [0.5, 0.6) is 5.75 Å². The minimum Gasteiger partial charge on any atom is -0.494 e. The number of hydrogen-bond acceptors (Lipinski definition) is 5. The summed E-state index contributed by atoms with van der Waals surface area (Å²) in [6.07, 6.45) is 1.10. The van der Waals surface area contributed by atoms with E-state index in [0.717, 1.165) is 15.5 Å². The first-order valence-electron chi connectivity index (χ1n) is 9.42. The summed E-state index contributed by atoms with van der Waals surface area (Å²) in [6, 6.07) is 14.0. The van der Waals surface area contributed by atoms with E-state index in [1.54, 1.807) is 43.0 Å². The zero-order valence-electron chi connectivity index (χ0n) is 17.2. The number of rotatable bonds is 10. The van der Waals surface area contributed by atoms with Crippen molar-refractivity contribution in [3.8, 4) is 5.75 Å². The van der Waals surface area contributed by atoms with Crippen molar-refractivity contribution in [1.29, 1.82) is 0 Å². The molecule has 2 rings (SSSR count).